The topological polar surface area (TPSA) is 83.6 Å². The van der Waals surface area contributed by atoms with Crippen molar-refractivity contribution in [2.75, 3.05) is 11.9 Å². The van der Waals surface area contributed by atoms with Gasteiger partial charge in [-0.2, -0.15) is 0 Å². The van der Waals surface area contributed by atoms with Crippen LogP contribution in [0.5, 0.6) is 0 Å². The summed E-state index contributed by atoms with van der Waals surface area (Å²) < 4.78 is 0.848. The molecule has 4 aromatic rings. The third-order valence-electron chi connectivity index (χ3n) is 3.95. The van der Waals surface area contributed by atoms with E-state index in [1.165, 1.54) is 28.0 Å². The number of aryl methyl sites for hydroxylation is 1. The van der Waals surface area contributed by atoms with Gasteiger partial charge in [-0.05, 0) is 36.4 Å². The number of nitrogens with zero attached hydrogens (tertiary/aromatic N) is 3. The average molecular weight is 416 g/mol. The molecule has 27 heavy (non-hydrogen) atoms. The first-order chi connectivity index (χ1) is 13.2. The van der Waals surface area contributed by atoms with E-state index in [0.29, 0.717) is 17.0 Å². The van der Waals surface area contributed by atoms with Crippen LogP contribution in [0.15, 0.2) is 44.8 Å². The number of H-pyrrole nitrogens is 1. The average Bonchev–Trinajstić information content (AvgIpc) is 3.33. The minimum absolute atomic E-state index is 0.104. The lowest BCUT2D eigenvalue weighted by molar-refractivity contribution is 0.977. The maximum absolute atomic E-state index is 12.2. The number of hydrogen-bond acceptors (Lipinski definition) is 8. The van der Waals surface area contributed by atoms with Crippen molar-refractivity contribution in [3.8, 4) is 0 Å². The van der Waals surface area contributed by atoms with Crippen molar-refractivity contribution in [2.45, 2.75) is 23.4 Å². The summed E-state index contributed by atoms with van der Waals surface area (Å²) >= 11 is 4.80. The molecule has 1 aromatic carbocycles. The molecular formula is C18H17N5OS3. The van der Waals surface area contributed by atoms with Gasteiger partial charge in [-0.15, -0.1) is 21.5 Å². The number of aromatic nitrogens is 4. The lowest BCUT2D eigenvalue weighted by Crippen LogP contribution is -2.11. The Kier molecular flexibility index (Phi) is 5.51. The van der Waals surface area contributed by atoms with Gasteiger partial charge in [0.2, 0.25) is 5.13 Å². The van der Waals surface area contributed by atoms with Crippen LogP contribution in [0.2, 0.25) is 0 Å². The van der Waals surface area contributed by atoms with E-state index in [-0.39, 0.29) is 5.56 Å². The summed E-state index contributed by atoms with van der Waals surface area (Å²) in [6.45, 7) is 2.79. The standard InChI is InChI=1S/C18H17N5OS3/c1-11-4-2-6-13-15(11)20-14(21-16(13)24)10-26-18-23-22-17(27-18)19-8-7-12-5-3-9-25-12/h2-6,9H,7-8,10H2,1H3,(H,19,22)(H,20,21,24). The highest BCUT2D eigenvalue weighted by molar-refractivity contribution is 8.00. The van der Waals surface area contributed by atoms with Crippen molar-refractivity contribution in [1.82, 2.24) is 20.2 Å². The Bertz CT molecular complexity index is 1100. The third-order valence-corrected chi connectivity index (χ3v) is 6.92. The molecule has 0 spiro atoms. The highest BCUT2D eigenvalue weighted by Crippen LogP contribution is 2.27. The summed E-state index contributed by atoms with van der Waals surface area (Å²) in [5, 5.41) is 15.2. The van der Waals surface area contributed by atoms with Crippen molar-refractivity contribution in [2.24, 2.45) is 0 Å². The molecule has 2 N–H and O–H groups in total. The Balaban J connectivity index is 1.38. The fourth-order valence-corrected chi connectivity index (χ4v) is 4.99. The van der Waals surface area contributed by atoms with Gasteiger partial charge in [0.15, 0.2) is 4.34 Å². The molecule has 0 atom stereocenters. The number of fused-ring (bicyclic) bond motifs is 1. The molecule has 0 saturated carbocycles. The highest BCUT2D eigenvalue weighted by Gasteiger charge is 2.09. The van der Waals surface area contributed by atoms with Crippen molar-refractivity contribution in [3.05, 3.63) is 62.3 Å². The van der Waals surface area contributed by atoms with Crippen LogP contribution in [0.3, 0.4) is 0 Å². The smallest absolute Gasteiger partial charge is 0.258 e. The van der Waals surface area contributed by atoms with E-state index in [9.17, 15) is 4.79 Å². The fourth-order valence-electron chi connectivity index (χ4n) is 2.64. The van der Waals surface area contributed by atoms with E-state index >= 15 is 0 Å². The number of hydrogen-bond donors (Lipinski definition) is 2. The second-order valence-electron chi connectivity index (χ2n) is 5.90. The minimum atomic E-state index is -0.104. The molecule has 0 aliphatic carbocycles. The van der Waals surface area contributed by atoms with E-state index < -0.39 is 0 Å². The molecule has 0 amide bonds. The molecule has 0 aliphatic rings. The molecular weight excluding hydrogens is 398 g/mol. The predicted molar refractivity (Wildman–Crippen MR) is 113 cm³/mol. The zero-order valence-electron chi connectivity index (χ0n) is 14.6. The van der Waals surface area contributed by atoms with Crippen molar-refractivity contribution in [3.63, 3.8) is 0 Å². The zero-order chi connectivity index (χ0) is 18.6. The summed E-state index contributed by atoms with van der Waals surface area (Å²) in [7, 11) is 0. The zero-order valence-corrected chi connectivity index (χ0v) is 17.0. The van der Waals surface area contributed by atoms with Crippen LogP contribution in [0.1, 0.15) is 16.3 Å². The third kappa shape index (κ3) is 4.37. The van der Waals surface area contributed by atoms with Gasteiger partial charge in [-0.25, -0.2) is 4.98 Å². The number of rotatable bonds is 7. The van der Waals surface area contributed by atoms with Crippen LogP contribution < -0.4 is 10.9 Å². The van der Waals surface area contributed by atoms with E-state index in [1.807, 2.05) is 19.1 Å². The van der Waals surface area contributed by atoms with Gasteiger partial charge < -0.3 is 10.3 Å². The molecule has 138 valence electrons. The molecule has 6 nitrogen and oxygen atoms in total. The molecule has 3 aromatic heterocycles. The molecule has 0 aliphatic heterocycles. The van der Waals surface area contributed by atoms with Gasteiger partial charge in [0.1, 0.15) is 5.82 Å². The lowest BCUT2D eigenvalue weighted by atomic mass is 10.1. The number of benzene rings is 1. The molecule has 4 rings (SSSR count). The molecule has 9 heteroatoms. The number of thioether (sulfide) groups is 1. The normalized spacial score (nSPS) is 11.1. The first-order valence-electron chi connectivity index (χ1n) is 8.40. The summed E-state index contributed by atoms with van der Waals surface area (Å²) in [6.07, 6.45) is 0.974. The number of anilines is 1. The van der Waals surface area contributed by atoms with Gasteiger partial charge in [0.25, 0.3) is 5.56 Å². The largest absolute Gasteiger partial charge is 0.360 e. The summed E-state index contributed by atoms with van der Waals surface area (Å²) in [4.78, 5) is 21.1. The molecule has 0 fully saturated rings. The molecule has 0 saturated heterocycles. The number of para-hydroxylation sites is 1. The van der Waals surface area contributed by atoms with Crippen LogP contribution in [-0.2, 0) is 12.2 Å². The highest BCUT2D eigenvalue weighted by atomic mass is 32.2. The Morgan fingerprint density at radius 1 is 1.22 bits per heavy atom. The Morgan fingerprint density at radius 2 is 2.15 bits per heavy atom. The lowest BCUT2D eigenvalue weighted by Gasteiger charge is -2.03. The Hall–Kier alpha value is -2.23. The maximum atomic E-state index is 12.2. The Labute approximate surface area is 168 Å². The van der Waals surface area contributed by atoms with Crippen LogP contribution >= 0.6 is 34.4 Å². The summed E-state index contributed by atoms with van der Waals surface area (Å²) in [6, 6.07) is 9.82. The second-order valence-corrected chi connectivity index (χ2v) is 9.13. The SMILES string of the molecule is Cc1cccc2c(=O)[nH]c(CSc3nnc(NCCc4cccs4)s3)nc12. The second kappa shape index (κ2) is 8.20. The molecule has 0 radical (unpaired) electrons. The number of nitrogens with one attached hydrogen (secondary N) is 2. The van der Waals surface area contributed by atoms with E-state index in [2.05, 4.69) is 43.0 Å². The maximum Gasteiger partial charge on any atom is 0.258 e. The van der Waals surface area contributed by atoms with Gasteiger partial charge in [0.05, 0.1) is 16.7 Å². The molecule has 3 heterocycles. The van der Waals surface area contributed by atoms with Crippen LogP contribution in [-0.4, -0.2) is 26.7 Å². The van der Waals surface area contributed by atoms with Crippen LogP contribution in [0.25, 0.3) is 10.9 Å². The van der Waals surface area contributed by atoms with Gasteiger partial charge in [0, 0.05) is 11.4 Å². The van der Waals surface area contributed by atoms with Gasteiger partial charge in [-0.3, -0.25) is 4.79 Å². The first-order valence-corrected chi connectivity index (χ1v) is 11.1. The predicted octanol–water partition coefficient (Wildman–Crippen LogP) is 4.09. The van der Waals surface area contributed by atoms with Crippen molar-refractivity contribution < 1.29 is 0 Å². The fraction of sp³-hybridized carbons (Fsp3) is 0.222. The van der Waals surface area contributed by atoms with Crippen molar-refractivity contribution >= 4 is 50.5 Å². The van der Waals surface area contributed by atoms with Crippen LogP contribution in [0.4, 0.5) is 5.13 Å². The van der Waals surface area contributed by atoms with Gasteiger partial charge >= 0.3 is 0 Å². The summed E-state index contributed by atoms with van der Waals surface area (Å²) in [5.74, 6) is 1.19. The number of aromatic amines is 1. The van der Waals surface area contributed by atoms with E-state index in [1.54, 1.807) is 17.4 Å². The quantitative estimate of drug-likeness (QED) is 0.442. The van der Waals surface area contributed by atoms with Gasteiger partial charge in [-0.1, -0.05) is 41.3 Å². The Morgan fingerprint density at radius 3 is 3.00 bits per heavy atom. The molecule has 0 unspecified atom stereocenters. The minimum Gasteiger partial charge on any atom is -0.360 e. The van der Waals surface area contributed by atoms with E-state index in [4.69, 9.17) is 0 Å². The first kappa shape index (κ1) is 18.1. The molecule has 0 bridgehead atoms. The number of thiophene rings is 1. The van der Waals surface area contributed by atoms with E-state index in [0.717, 1.165) is 33.5 Å². The summed E-state index contributed by atoms with van der Waals surface area (Å²) in [5.41, 5.74) is 1.65. The monoisotopic (exact) mass is 415 g/mol. The van der Waals surface area contributed by atoms with Crippen LogP contribution in [0, 0.1) is 6.92 Å². The van der Waals surface area contributed by atoms with Crippen molar-refractivity contribution in [1.29, 1.82) is 0 Å².